The molecule has 1 aliphatic heterocycles. The minimum Gasteiger partial charge on any atom is -0.379 e. The van der Waals surface area contributed by atoms with Gasteiger partial charge in [-0.25, -0.2) is 4.98 Å². The first-order valence-electron chi connectivity index (χ1n) is 13.8. The predicted octanol–water partition coefficient (Wildman–Crippen LogP) is 5.42. The zero-order valence-corrected chi connectivity index (χ0v) is 23.5. The Morgan fingerprint density at radius 3 is 2.90 bits per heavy atom. The van der Waals surface area contributed by atoms with Gasteiger partial charge in [-0.3, -0.25) is 14.7 Å². The van der Waals surface area contributed by atoms with E-state index in [1.165, 1.54) is 22.5 Å². The Labute approximate surface area is 238 Å². The van der Waals surface area contributed by atoms with Crippen molar-refractivity contribution in [3.63, 3.8) is 0 Å². The molecule has 1 aliphatic carbocycles. The molecule has 2 aliphatic rings. The fraction of sp³-hybridized carbons (Fsp3) is 0.323. The number of hydrogen-bond donors (Lipinski definition) is 3. The van der Waals surface area contributed by atoms with E-state index in [0.717, 1.165) is 85.6 Å². The number of morpholine rings is 1. The van der Waals surface area contributed by atoms with Crippen LogP contribution in [0.15, 0.2) is 66.3 Å². The molecule has 6 rings (SSSR count). The second-order valence-electron chi connectivity index (χ2n) is 10.3. The van der Waals surface area contributed by atoms with Gasteiger partial charge in [-0.1, -0.05) is 12.1 Å². The SMILES string of the molecule is Cc1ccc(NC(=O)c2ccc3c(c2)CC[C@@H]3NCCN2CCOCC2)cc1Nc1nc(-c2cccnc2)cs1. The number of fused-ring (bicyclic) bond motifs is 1. The molecule has 1 fully saturated rings. The van der Waals surface area contributed by atoms with Gasteiger partial charge in [0.1, 0.15) is 0 Å². The summed E-state index contributed by atoms with van der Waals surface area (Å²) in [6, 6.07) is 16.3. The van der Waals surface area contributed by atoms with Crippen molar-refractivity contribution in [1.29, 1.82) is 0 Å². The number of nitrogens with one attached hydrogen (secondary N) is 3. The van der Waals surface area contributed by atoms with Gasteiger partial charge in [0.25, 0.3) is 5.91 Å². The maximum atomic E-state index is 13.2. The number of benzene rings is 2. The van der Waals surface area contributed by atoms with E-state index in [1.54, 1.807) is 6.20 Å². The van der Waals surface area contributed by atoms with Crippen molar-refractivity contribution < 1.29 is 9.53 Å². The summed E-state index contributed by atoms with van der Waals surface area (Å²) in [4.78, 5) is 24.5. The van der Waals surface area contributed by atoms with E-state index in [1.807, 2.05) is 54.9 Å². The number of ether oxygens (including phenoxy) is 1. The Bertz CT molecular complexity index is 1470. The van der Waals surface area contributed by atoms with Crippen LogP contribution in [0, 0.1) is 6.92 Å². The van der Waals surface area contributed by atoms with Crippen molar-refractivity contribution in [2.45, 2.75) is 25.8 Å². The summed E-state index contributed by atoms with van der Waals surface area (Å²) in [6.07, 6.45) is 5.61. The number of amides is 1. The second-order valence-corrected chi connectivity index (χ2v) is 11.2. The average Bonchev–Trinajstić information content (AvgIpc) is 3.63. The predicted molar refractivity (Wildman–Crippen MR) is 161 cm³/mol. The number of aryl methyl sites for hydroxylation is 2. The van der Waals surface area contributed by atoms with Crippen molar-refractivity contribution in [3.05, 3.63) is 88.6 Å². The molecule has 0 spiro atoms. The third kappa shape index (κ3) is 6.23. The van der Waals surface area contributed by atoms with Crippen molar-refractivity contribution in [2.24, 2.45) is 0 Å². The van der Waals surface area contributed by atoms with Crippen LogP contribution in [0.25, 0.3) is 11.3 Å². The smallest absolute Gasteiger partial charge is 0.255 e. The largest absolute Gasteiger partial charge is 0.379 e. The second kappa shape index (κ2) is 12.3. The number of carbonyl (C=O) groups is 1. The van der Waals surface area contributed by atoms with Crippen molar-refractivity contribution in [3.8, 4) is 11.3 Å². The van der Waals surface area contributed by atoms with Gasteiger partial charge in [-0.15, -0.1) is 11.3 Å². The summed E-state index contributed by atoms with van der Waals surface area (Å²) in [5.74, 6) is -0.102. The van der Waals surface area contributed by atoms with Gasteiger partial charge in [-0.2, -0.15) is 0 Å². The minimum atomic E-state index is -0.102. The lowest BCUT2D eigenvalue weighted by Crippen LogP contribution is -2.40. The third-order valence-corrected chi connectivity index (χ3v) is 8.36. The van der Waals surface area contributed by atoms with Crippen LogP contribution in [0.3, 0.4) is 0 Å². The topological polar surface area (TPSA) is 91.4 Å². The molecular formula is C31H34N6O2S. The molecule has 40 heavy (non-hydrogen) atoms. The van der Waals surface area contributed by atoms with Gasteiger partial charge in [0.2, 0.25) is 0 Å². The number of pyridine rings is 1. The number of carbonyl (C=O) groups excluding carboxylic acids is 1. The lowest BCUT2D eigenvalue weighted by molar-refractivity contribution is 0.0381. The molecule has 0 radical (unpaired) electrons. The monoisotopic (exact) mass is 554 g/mol. The summed E-state index contributed by atoms with van der Waals surface area (Å²) in [5, 5.41) is 13.0. The maximum absolute atomic E-state index is 13.2. The van der Waals surface area contributed by atoms with Crippen LogP contribution in [-0.4, -0.2) is 60.2 Å². The zero-order valence-electron chi connectivity index (χ0n) is 22.7. The maximum Gasteiger partial charge on any atom is 0.255 e. The molecule has 206 valence electrons. The fourth-order valence-electron chi connectivity index (χ4n) is 5.32. The highest BCUT2D eigenvalue weighted by Crippen LogP contribution is 2.33. The van der Waals surface area contributed by atoms with E-state index >= 15 is 0 Å². The zero-order chi connectivity index (χ0) is 27.3. The Morgan fingerprint density at radius 2 is 2.05 bits per heavy atom. The minimum absolute atomic E-state index is 0.102. The number of nitrogens with zero attached hydrogens (tertiary/aromatic N) is 3. The number of thiazole rings is 1. The van der Waals surface area contributed by atoms with Crippen molar-refractivity contribution in [1.82, 2.24) is 20.2 Å². The summed E-state index contributed by atoms with van der Waals surface area (Å²) in [6.45, 7) is 7.72. The van der Waals surface area contributed by atoms with Crippen LogP contribution in [0.5, 0.6) is 0 Å². The van der Waals surface area contributed by atoms with Gasteiger partial charge >= 0.3 is 0 Å². The highest BCUT2D eigenvalue weighted by molar-refractivity contribution is 7.14. The standard InChI is InChI=1S/C31H34N6O2S/c1-21-4-7-25(18-28(21)35-31-36-29(20-40-31)24-3-2-10-32-19-24)34-30(38)23-5-8-26-22(17-23)6-9-27(26)33-11-12-37-13-15-39-16-14-37/h2-5,7-8,10,17-20,27,33H,6,9,11-16H2,1H3,(H,34,38)(H,35,36)/t27-/m0/s1. The van der Waals surface area contributed by atoms with Crippen molar-refractivity contribution in [2.75, 3.05) is 50.0 Å². The van der Waals surface area contributed by atoms with Crippen LogP contribution < -0.4 is 16.0 Å². The summed E-state index contributed by atoms with van der Waals surface area (Å²) in [5.41, 5.74) is 7.84. The first-order valence-corrected chi connectivity index (χ1v) is 14.7. The third-order valence-electron chi connectivity index (χ3n) is 7.60. The Kier molecular flexibility index (Phi) is 8.15. The van der Waals surface area contributed by atoms with E-state index in [9.17, 15) is 4.79 Å². The number of anilines is 3. The van der Waals surface area contributed by atoms with Gasteiger partial charge in [0.15, 0.2) is 5.13 Å². The van der Waals surface area contributed by atoms with Crippen LogP contribution in [0.2, 0.25) is 0 Å². The van der Waals surface area contributed by atoms with E-state index in [-0.39, 0.29) is 5.91 Å². The van der Waals surface area contributed by atoms with Gasteiger partial charge in [0, 0.05) is 72.5 Å². The Balaban J connectivity index is 1.07. The van der Waals surface area contributed by atoms with Gasteiger partial charge in [-0.05, 0) is 72.9 Å². The normalized spacial score (nSPS) is 17.0. The lowest BCUT2D eigenvalue weighted by Gasteiger charge is -2.27. The van der Waals surface area contributed by atoms with Gasteiger partial charge in [0.05, 0.1) is 18.9 Å². The van der Waals surface area contributed by atoms with E-state index in [4.69, 9.17) is 9.72 Å². The van der Waals surface area contributed by atoms with Crippen LogP contribution in [0.4, 0.5) is 16.5 Å². The number of rotatable bonds is 9. The van der Waals surface area contributed by atoms with Crippen molar-refractivity contribution >= 4 is 33.8 Å². The molecule has 1 amide bonds. The molecule has 3 N–H and O–H groups in total. The average molecular weight is 555 g/mol. The highest BCUT2D eigenvalue weighted by Gasteiger charge is 2.23. The molecule has 0 bridgehead atoms. The lowest BCUT2D eigenvalue weighted by atomic mass is 10.0. The molecule has 1 atom stereocenters. The molecule has 2 aromatic heterocycles. The van der Waals surface area contributed by atoms with Crippen LogP contribution in [0.1, 0.15) is 39.5 Å². The molecule has 2 aromatic carbocycles. The van der Waals surface area contributed by atoms with Crippen LogP contribution in [-0.2, 0) is 11.2 Å². The Morgan fingerprint density at radius 1 is 1.15 bits per heavy atom. The molecule has 9 heteroatoms. The highest BCUT2D eigenvalue weighted by atomic mass is 32.1. The molecule has 0 unspecified atom stereocenters. The molecule has 0 saturated carbocycles. The molecule has 8 nitrogen and oxygen atoms in total. The summed E-state index contributed by atoms with van der Waals surface area (Å²) >= 11 is 1.54. The number of aromatic nitrogens is 2. The molecule has 4 aromatic rings. The molecular weight excluding hydrogens is 520 g/mol. The van der Waals surface area contributed by atoms with E-state index < -0.39 is 0 Å². The molecule has 3 heterocycles. The first kappa shape index (κ1) is 26.6. The van der Waals surface area contributed by atoms with Gasteiger partial charge < -0.3 is 20.7 Å². The summed E-state index contributed by atoms with van der Waals surface area (Å²) < 4.78 is 5.44. The fourth-order valence-corrected chi connectivity index (χ4v) is 6.06. The summed E-state index contributed by atoms with van der Waals surface area (Å²) in [7, 11) is 0. The van der Waals surface area contributed by atoms with Crippen LogP contribution >= 0.6 is 11.3 Å². The quantitative estimate of drug-likeness (QED) is 0.255. The van der Waals surface area contributed by atoms with E-state index in [2.05, 4.69) is 38.0 Å². The Hall–Kier alpha value is -3.63. The molecule has 1 saturated heterocycles. The first-order chi connectivity index (χ1) is 19.6. The van der Waals surface area contributed by atoms with E-state index in [0.29, 0.717) is 11.6 Å². The number of hydrogen-bond acceptors (Lipinski definition) is 8.